The van der Waals surface area contributed by atoms with Crippen LogP contribution in [0.3, 0.4) is 0 Å². The van der Waals surface area contributed by atoms with Crippen molar-refractivity contribution in [2.45, 2.75) is 50.4 Å². The fourth-order valence-electron chi connectivity index (χ4n) is 3.48. The molecule has 0 spiro atoms. The SMILES string of the molecule is O=C(NC1CCS(=O)(=O)C1)N(CC1CCCO1)CC1CCCO1. The van der Waals surface area contributed by atoms with Crippen LogP contribution >= 0.6 is 0 Å². The van der Waals surface area contributed by atoms with E-state index in [1.54, 1.807) is 4.90 Å². The van der Waals surface area contributed by atoms with Crippen LogP contribution < -0.4 is 5.32 Å². The second-order valence-electron chi connectivity index (χ2n) is 6.72. The zero-order valence-electron chi connectivity index (χ0n) is 13.4. The third-order valence-electron chi connectivity index (χ3n) is 4.74. The topological polar surface area (TPSA) is 84.9 Å². The van der Waals surface area contributed by atoms with Gasteiger partial charge in [0.25, 0.3) is 0 Å². The summed E-state index contributed by atoms with van der Waals surface area (Å²) >= 11 is 0. The first kappa shape index (κ1) is 17.0. The summed E-state index contributed by atoms with van der Waals surface area (Å²) in [6, 6.07) is -0.470. The molecular weight excluding hydrogens is 320 g/mol. The molecule has 3 rings (SSSR count). The van der Waals surface area contributed by atoms with Gasteiger partial charge in [-0.25, -0.2) is 13.2 Å². The molecule has 3 unspecified atom stereocenters. The molecule has 3 heterocycles. The molecule has 1 N–H and O–H groups in total. The van der Waals surface area contributed by atoms with E-state index in [-0.39, 0.29) is 35.8 Å². The van der Waals surface area contributed by atoms with Gasteiger partial charge in [0.15, 0.2) is 9.84 Å². The standard InChI is InChI=1S/C15H26N2O5S/c18-15(16-12-5-8-23(19,20)11-12)17(9-13-3-1-6-21-13)10-14-4-2-7-22-14/h12-14H,1-11H2,(H,16,18). The molecule has 0 saturated carbocycles. The zero-order chi connectivity index (χ0) is 16.3. The van der Waals surface area contributed by atoms with Gasteiger partial charge < -0.3 is 19.7 Å². The first-order chi connectivity index (χ1) is 11.0. The molecule has 0 aromatic heterocycles. The quantitative estimate of drug-likeness (QED) is 0.785. The highest BCUT2D eigenvalue weighted by Crippen LogP contribution is 2.18. The molecule has 8 heteroatoms. The van der Waals surface area contributed by atoms with Crippen LogP contribution in [-0.2, 0) is 19.3 Å². The lowest BCUT2D eigenvalue weighted by Crippen LogP contribution is -2.50. The first-order valence-electron chi connectivity index (χ1n) is 8.51. The van der Waals surface area contributed by atoms with Crippen molar-refractivity contribution in [1.29, 1.82) is 0 Å². The Morgan fingerprint density at radius 2 is 1.65 bits per heavy atom. The number of rotatable bonds is 5. The van der Waals surface area contributed by atoms with Crippen LogP contribution in [0, 0.1) is 0 Å². The Balaban J connectivity index is 1.57. The Labute approximate surface area is 137 Å². The average molecular weight is 346 g/mol. The third kappa shape index (κ3) is 4.81. The molecule has 23 heavy (non-hydrogen) atoms. The number of hydrogen-bond acceptors (Lipinski definition) is 5. The minimum absolute atomic E-state index is 0.0481. The van der Waals surface area contributed by atoms with Gasteiger partial charge in [-0.15, -0.1) is 0 Å². The molecule has 3 atom stereocenters. The van der Waals surface area contributed by atoms with Crippen molar-refractivity contribution in [1.82, 2.24) is 10.2 Å². The summed E-state index contributed by atoms with van der Waals surface area (Å²) < 4.78 is 34.4. The van der Waals surface area contributed by atoms with Crippen LogP contribution in [0.15, 0.2) is 0 Å². The number of carbonyl (C=O) groups excluding carboxylic acids is 1. The van der Waals surface area contributed by atoms with Gasteiger partial charge >= 0.3 is 6.03 Å². The molecule has 0 radical (unpaired) electrons. The summed E-state index contributed by atoms with van der Waals surface area (Å²) in [5.74, 6) is 0.210. The normalized spacial score (nSPS) is 33.0. The van der Waals surface area contributed by atoms with Gasteiger partial charge in [0.2, 0.25) is 0 Å². The van der Waals surface area contributed by atoms with E-state index in [1.165, 1.54) is 0 Å². The smallest absolute Gasteiger partial charge is 0.317 e. The molecule has 0 aromatic rings. The number of ether oxygens (including phenoxy) is 2. The monoisotopic (exact) mass is 346 g/mol. The predicted molar refractivity (Wildman–Crippen MR) is 85.1 cm³/mol. The van der Waals surface area contributed by atoms with Gasteiger partial charge in [-0.3, -0.25) is 0 Å². The van der Waals surface area contributed by atoms with Gasteiger partial charge in [0.1, 0.15) is 0 Å². The number of amides is 2. The molecule has 3 fully saturated rings. The Hall–Kier alpha value is -0.860. The maximum atomic E-state index is 12.6. The summed E-state index contributed by atoms with van der Waals surface area (Å²) in [6.45, 7) is 2.60. The summed E-state index contributed by atoms with van der Waals surface area (Å²) in [5.41, 5.74) is 0. The summed E-state index contributed by atoms with van der Waals surface area (Å²) in [4.78, 5) is 14.3. The van der Waals surface area contributed by atoms with Crippen molar-refractivity contribution in [3.05, 3.63) is 0 Å². The fraction of sp³-hybridized carbons (Fsp3) is 0.933. The van der Waals surface area contributed by atoms with Crippen molar-refractivity contribution in [3.8, 4) is 0 Å². The zero-order valence-corrected chi connectivity index (χ0v) is 14.2. The second-order valence-corrected chi connectivity index (χ2v) is 8.95. The molecule has 3 aliphatic heterocycles. The molecule has 3 aliphatic rings. The van der Waals surface area contributed by atoms with Gasteiger partial charge in [0.05, 0.1) is 23.7 Å². The highest BCUT2D eigenvalue weighted by atomic mass is 32.2. The Kier molecular flexibility index (Phi) is 5.43. The van der Waals surface area contributed by atoms with E-state index in [9.17, 15) is 13.2 Å². The van der Waals surface area contributed by atoms with Crippen molar-refractivity contribution in [3.63, 3.8) is 0 Å². The highest BCUT2D eigenvalue weighted by Gasteiger charge is 2.32. The number of carbonyl (C=O) groups is 1. The number of nitrogens with zero attached hydrogens (tertiary/aromatic N) is 1. The van der Waals surface area contributed by atoms with Crippen LogP contribution in [0.4, 0.5) is 4.79 Å². The first-order valence-corrected chi connectivity index (χ1v) is 10.3. The fourth-order valence-corrected chi connectivity index (χ4v) is 5.16. The second kappa shape index (κ2) is 7.36. The van der Waals surface area contributed by atoms with E-state index >= 15 is 0 Å². The minimum Gasteiger partial charge on any atom is -0.376 e. The van der Waals surface area contributed by atoms with Crippen LogP contribution in [-0.4, -0.2) is 75.4 Å². The van der Waals surface area contributed by atoms with Gasteiger partial charge in [-0.2, -0.15) is 0 Å². The minimum atomic E-state index is -2.99. The molecule has 2 amide bonds. The summed E-state index contributed by atoms with van der Waals surface area (Å²) in [7, 11) is -2.99. The maximum Gasteiger partial charge on any atom is 0.317 e. The summed E-state index contributed by atoms with van der Waals surface area (Å²) in [5, 5.41) is 2.88. The van der Waals surface area contributed by atoms with E-state index < -0.39 is 9.84 Å². The molecule has 7 nitrogen and oxygen atoms in total. The molecule has 132 valence electrons. The van der Waals surface area contributed by atoms with Crippen LogP contribution in [0.1, 0.15) is 32.1 Å². The number of nitrogens with one attached hydrogen (secondary N) is 1. The lowest BCUT2D eigenvalue weighted by Gasteiger charge is -2.29. The number of hydrogen-bond donors (Lipinski definition) is 1. The number of sulfone groups is 1. The lowest BCUT2D eigenvalue weighted by atomic mass is 10.2. The highest BCUT2D eigenvalue weighted by molar-refractivity contribution is 7.91. The Morgan fingerprint density at radius 3 is 2.09 bits per heavy atom. The van der Waals surface area contributed by atoms with E-state index in [0.29, 0.717) is 19.5 Å². The molecule has 0 aromatic carbocycles. The molecule has 0 aliphatic carbocycles. The largest absolute Gasteiger partial charge is 0.376 e. The average Bonchev–Trinajstić information content (AvgIpc) is 3.21. The van der Waals surface area contributed by atoms with Crippen molar-refractivity contribution < 1.29 is 22.7 Å². The van der Waals surface area contributed by atoms with Gasteiger partial charge in [-0.05, 0) is 32.1 Å². The van der Waals surface area contributed by atoms with E-state index in [4.69, 9.17) is 9.47 Å². The van der Waals surface area contributed by atoms with E-state index in [1.807, 2.05) is 0 Å². The molecule has 3 saturated heterocycles. The van der Waals surface area contributed by atoms with Gasteiger partial charge in [-0.1, -0.05) is 0 Å². The van der Waals surface area contributed by atoms with Crippen LogP contribution in [0.25, 0.3) is 0 Å². The lowest BCUT2D eigenvalue weighted by molar-refractivity contribution is 0.0494. The van der Waals surface area contributed by atoms with Crippen LogP contribution in [0.5, 0.6) is 0 Å². The molecule has 0 bridgehead atoms. The van der Waals surface area contributed by atoms with Gasteiger partial charge in [0, 0.05) is 32.3 Å². The van der Waals surface area contributed by atoms with Crippen LogP contribution in [0.2, 0.25) is 0 Å². The van der Waals surface area contributed by atoms with Crippen molar-refractivity contribution in [2.75, 3.05) is 37.8 Å². The third-order valence-corrected chi connectivity index (χ3v) is 6.51. The Bertz CT molecular complexity index is 494. The van der Waals surface area contributed by atoms with E-state index in [2.05, 4.69) is 5.32 Å². The number of urea groups is 1. The van der Waals surface area contributed by atoms with Crippen molar-refractivity contribution in [2.24, 2.45) is 0 Å². The molecular formula is C15H26N2O5S. The Morgan fingerprint density at radius 1 is 1.04 bits per heavy atom. The summed E-state index contributed by atoms with van der Waals surface area (Å²) in [6.07, 6.45) is 4.65. The predicted octanol–water partition coefficient (Wildman–Crippen LogP) is 0.543. The van der Waals surface area contributed by atoms with Crippen molar-refractivity contribution >= 4 is 15.9 Å². The van der Waals surface area contributed by atoms with E-state index in [0.717, 1.165) is 38.9 Å². The maximum absolute atomic E-state index is 12.6.